The van der Waals surface area contributed by atoms with Crippen LogP contribution in [0.1, 0.15) is 31.1 Å². The highest BCUT2D eigenvalue weighted by molar-refractivity contribution is 6.01. The Morgan fingerprint density at radius 1 is 1.22 bits per heavy atom. The fourth-order valence-corrected chi connectivity index (χ4v) is 1.67. The fourth-order valence-electron chi connectivity index (χ4n) is 1.67. The van der Waals surface area contributed by atoms with E-state index in [2.05, 4.69) is 0 Å². The van der Waals surface area contributed by atoms with Crippen LogP contribution in [0, 0.1) is 0 Å². The van der Waals surface area contributed by atoms with Gasteiger partial charge in [0, 0.05) is 6.07 Å². The number of ether oxygens (including phenoxy) is 3. The van der Waals surface area contributed by atoms with E-state index in [1.54, 1.807) is 0 Å². The Morgan fingerprint density at radius 3 is 2.17 bits per heavy atom. The molecule has 18 heavy (non-hydrogen) atoms. The molecule has 0 bridgehead atoms. The number of benzene rings is 1. The number of carbonyl (C=O) groups excluding carboxylic acids is 1. The fraction of sp³-hybridized carbons (Fsp3) is 0.462. The third-order valence-electron chi connectivity index (χ3n) is 2.30. The van der Waals surface area contributed by atoms with Crippen molar-refractivity contribution in [3.8, 4) is 23.0 Å². The normalized spacial score (nSPS) is 10.3. The molecule has 0 aliphatic heterocycles. The predicted molar refractivity (Wildman–Crippen MR) is 67.0 cm³/mol. The van der Waals surface area contributed by atoms with Crippen LogP contribution in [0.5, 0.6) is 23.0 Å². The Bertz CT molecular complexity index is 451. The zero-order valence-electron chi connectivity index (χ0n) is 11.2. The molecule has 100 valence electrons. The van der Waals surface area contributed by atoms with Crippen LogP contribution in [0.3, 0.4) is 0 Å². The van der Waals surface area contributed by atoms with Crippen LogP contribution in [-0.4, -0.2) is 31.2 Å². The standard InChI is InChI=1S/C13H18O5/c1-7(2)18-10-6-9(15)11(8(3)14)13(17-5)12(10)16-4/h6-7,15H,1-5H3. The average Bonchev–Trinajstić information content (AvgIpc) is 2.26. The van der Waals surface area contributed by atoms with Gasteiger partial charge in [-0.2, -0.15) is 0 Å². The van der Waals surface area contributed by atoms with Gasteiger partial charge in [-0.3, -0.25) is 4.79 Å². The molecule has 0 radical (unpaired) electrons. The number of hydrogen-bond donors (Lipinski definition) is 1. The topological polar surface area (TPSA) is 65.0 Å². The van der Waals surface area contributed by atoms with E-state index in [1.165, 1.54) is 27.2 Å². The van der Waals surface area contributed by atoms with Crippen molar-refractivity contribution in [3.05, 3.63) is 11.6 Å². The summed E-state index contributed by atoms with van der Waals surface area (Å²) in [7, 11) is 2.86. The van der Waals surface area contributed by atoms with Crippen molar-refractivity contribution in [2.45, 2.75) is 26.9 Å². The van der Waals surface area contributed by atoms with Crippen molar-refractivity contribution in [2.24, 2.45) is 0 Å². The first-order valence-corrected chi connectivity index (χ1v) is 5.57. The van der Waals surface area contributed by atoms with Gasteiger partial charge in [-0.05, 0) is 20.8 Å². The van der Waals surface area contributed by atoms with E-state index in [9.17, 15) is 9.90 Å². The highest BCUT2D eigenvalue weighted by Crippen LogP contribution is 2.45. The lowest BCUT2D eigenvalue weighted by Crippen LogP contribution is -2.09. The smallest absolute Gasteiger partial charge is 0.204 e. The molecular weight excluding hydrogens is 236 g/mol. The molecule has 0 aliphatic rings. The number of phenols is 1. The van der Waals surface area contributed by atoms with E-state index in [0.717, 1.165) is 0 Å². The predicted octanol–water partition coefficient (Wildman–Crippen LogP) is 2.40. The van der Waals surface area contributed by atoms with Crippen LogP contribution in [0.15, 0.2) is 6.07 Å². The highest BCUT2D eigenvalue weighted by atomic mass is 16.5. The maximum atomic E-state index is 11.5. The number of ketones is 1. The molecule has 5 nitrogen and oxygen atoms in total. The second-order valence-electron chi connectivity index (χ2n) is 4.06. The molecule has 0 saturated carbocycles. The van der Waals surface area contributed by atoms with Crippen molar-refractivity contribution in [1.82, 2.24) is 0 Å². The van der Waals surface area contributed by atoms with E-state index in [0.29, 0.717) is 11.5 Å². The van der Waals surface area contributed by atoms with Gasteiger partial charge in [0.25, 0.3) is 0 Å². The number of Topliss-reactive ketones (excluding diaryl/α,β-unsaturated/α-hetero) is 1. The molecule has 5 heteroatoms. The minimum Gasteiger partial charge on any atom is -0.507 e. The molecule has 0 atom stereocenters. The molecule has 0 unspecified atom stereocenters. The number of hydrogen-bond acceptors (Lipinski definition) is 5. The molecule has 0 aromatic heterocycles. The largest absolute Gasteiger partial charge is 0.507 e. The maximum Gasteiger partial charge on any atom is 0.204 e. The number of aromatic hydroxyl groups is 1. The van der Waals surface area contributed by atoms with Gasteiger partial charge < -0.3 is 19.3 Å². The zero-order chi connectivity index (χ0) is 13.9. The quantitative estimate of drug-likeness (QED) is 0.817. The molecule has 0 heterocycles. The van der Waals surface area contributed by atoms with Gasteiger partial charge in [-0.1, -0.05) is 0 Å². The van der Waals surface area contributed by atoms with E-state index in [1.807, 2.05) is 13.8 Å². The Balaban J connectivity index is 3.49. The van der Waals surface area contributed by atoms with Crippen LogP contribution in [0.25, 0.3) is 0 Å². The van der Waals surface area contributed by atoms with E-state index in [4.69, 9.17) is 14.2 Å². The van der Waals surface area contributed by atoms with Gasteiger partial charge in [-0.15, -0.1) is 0 Å². The van der Waals surface area contributed by atoms with Crippen LogP contribution in [-0.2, 0) is 0 Å². The van der Waals surface area contributed by atoms with E-state index >= 15 is 0 Å². The molecule has 1 N–H and O–H groups in total. The summed E-state index contributed by atoms with van der Waals surface area (Å²) in [6.45, 7) is 5.05. The Hall–Kier alpha value is -1.91. The van der Waals surface area contributed by atoms with Crippen LogP contribution in [0.2, 0.25) is 0 Å². The Labute approximate surface area is 106 Å². The molecule has 0 amide bonds. The Kier molecular flexibility index (Phi) is 4.42. The molecule has 0 fully saturated rings. The highest BCUT2D eigenvalue weighted by Gasteiger charge is 2.23. The third kappa shape index (κ3) is 2.67. The van der Waals surface area contributed by atoms with Crippen molar-refractivity contribution in [2.75, 3.05) is 14.2 Å². The summed E-state index contributed by atoms with van der Waals surface area (Å²) >= 11 is 0. The number of carbonyl (C=O) groups is 1. The molecule has 1 aromatic rings. The summed E-state index contributed by atoms with van der Waals surface area (Å²) in [6, 6.07) is 1.36. The summed E-state index contributed by atoms with van der Waals surface area (Å²) in [4.78, 5) is 11.5. The van der Waals surface area contributed by atoms with Crippen molar-refractivity contribution < 1.29 is 24.1 Å². The molecule has 1 rings (SSSR count). The van der Waals surface area contributed by atoms with Gasteiger partial charge in [0.05, 0.1) is 20.3 Å². The average molecular weight is 254 g/mol. The lowest BCUT2D eigenvalue weighted by molar-refractivity contribution is 0.101. The van der Waals surface area contributed by atoms with Crippen LogP contribution < -0.4 is 14.2 Å². The minimum absolute atomic E-state index is 0.0884. The monoisotopic (exact) mass is 254 g/mol. The summed E-state index contributed by atoms with van der Waals surface area (Å²) in [5.74, 6) is 0.330. The third-order valence-corrected chi connectivity index (χ3v) is 2.30. The number of methoxy groups -OCH3 is 2. The molecule has 0 saturated heterocycles. The van der Waals surface area contributed by atoms with Crippen molar-refractivity contribution in [1.29, 1.82) is 0 Å². The van der Waals surface area contributed by atoms with Gasteiger partial charge in [0.15, 0.2) is 17.3 Å². The lowest BCUT2D eigenvalue weighted by atomic mass is 10.1. The van der Waals surface area contributed by atoms with Crippen molar-refractivity contribution in [3.63, 3.8) is 0 Å². The maximum absolute atomic E-state index is 11.5. The summed E-state index contributed by atoms with van der Waals surface area (Å²) in [5, 5.41) is 9.87. The van der Waals surface area contributed by atoms with Gasteiger partial charge in [-0.25, -0.2) is 0 Å². The summed E-state index contributed by atoms with van der Waals surface area (Å²) in [6.07, 6.45) is -0.0915. The van der Waals surface area contributed by atoms with Crippen LogP contribution >= 0.6 is 0 Å². The van der Waals surface area contributed by atoms with E-state index < -0.39 is 0 Å². The zero-order valence-corrected chi connectivity index (χ0v) is 11.2. The van der Waals surface area contributed by atoms with Crippen molar-refractivity contribution >= 4 is 5.78 Å². The van der Waals surface area contributed by atoms with Crippen LogP contribution in [0.4, 0.5) is 0 Å². The van der Waals surface area contributed by atoms with Gasteiger partial charge in [0.2, 0.25) is 5.75 Å². The molecule has 0 spiro atoms. The first-order chi connectivity index (χ1) is 8.42. The second-order valence-corrected chi connectivity index (χ2v) is 4.06. The minimum atomic E-state index is -0.307. The Morgan fingerprint density at radius 2 is 1.78 bits per heavy atom. The molecule has 1 aromatic carbocycles. The summed E-state index contributed by atoms with van der Waals surface area (Å²) in [5.41, 5.74) is 0.0884. The molecular formula is C13H18O5. The van der Waals surface area contributed by atoms with Gasteiger partial charge >= 0.3 is 0 Å². The SMILES string of the molecule is COc1c(OC(C)C)cc(O)c(C(C)=O)c1OC. The number of rotatable bonds is 5. The van der Waals surface area contributed by atoms with E-state index in [-0.39, 0.29) is 28.9 Å². The molecule has 0 aliphatic carbocycles. The number of phenolic OH excluding ortho intramolecular Hbond substituents is 1. The van der Waals surface area contributed by atoms with Gasteiger partial charge in [0.1, 0.15) is 11.3 Å². The first kappa shape index (κ1) is 14.2. The second kappa shape index (κ2) is 5.62. The first-order valence-electron chi connectivity index (χ1n) is 5.57. The lowest BCUT2D eigenvalue weighted by Gasteiger charge is -2.18. The summed E-state index contributed by atoms with van der Waals surface area (Å²) < 4.78 is 15.9.